The number of carbonyl (C=O) groups excluding carboxylic acids is 2. The molecule has 0 atom stereocenters. The van der Waals surface area contributed by atoms with E-state index >= 15 is 0 Å². The van der Waals surface area contributed by atoms with Gasteiger partial charge in [0.15, 0.2) is 0 Å². The summed E-state index contributed by atoms with van der Waals surface area (Å²) in [5.74, 6) is 0.656. The lowest BCUT2D eigenvalue weighted by molar-refractivity contribution is -0.119. The number of amides is 2. The van der Waals surface area contributed by atoms with Gasteiger partial charge in [-0.15, -0.1) is 11.8 Å². The van der Waals surface area contributed by atoms with Crippen molar-refractivity contribution in [1.82, 2.24) is 0 Å². The Balaban J connectivity index is 1.75. The molecule has 3 aromatic rings. The first-order chi connectivity index (χ1) is 13.1. The average Bonchev–Trinajstić information content (AvgIpc) is 3.28. The molecule has 0 unspecified atom stereocenters. The van der Waals surface area contributed by atoms with Gasteiger partial charge in [-0.3, -0.25) is 9.59 Å². The zero-order valence-electron chi connectivity index (χ0n) is 14.7. The highest BCUT2D eigenvalue weighted by atomic mass is 32.2. The molecule has 0 N–H and O–H groups in total. The highest BCUT2D eigenvalue weighted by Crippen LogP contribution is 2.39. The van der Waals surface area contributed by atoms with Crippen LogP contribution in [0.2, 0.25) is 0 Å². The van der Waals surface area contributed by atoms with Gasteiger partial charge in [-0.1, -0.05) is 48.0 Å². The first-order valence-electron chi connectivity index (χ1n) is 8.55. The first-order valence-corrected chi connectivity index (χ1v) is 9.54. The molecule has 1 aliphatic heterocycles. The van der Waals surface area contributed by atoms with E-state index in [-0.39, 0.29) is 11.8 Å². The molecule has 0 fully saturated rings. The number of para-hydroxylation sites is 1. The lowest BCUT2D eigenvalue weighted by atomic mass is 10.0. The molecule has 0 aliphatic carbocycles. The molecule has 1 aliphatic rings. The summed E-state index contributed by atoms with van der Waals surface area (Å²) >= 11 is 1.33. The van der Waals surface area contributed by atoms with Crippen LogP contribution < -0.4 is 4.90 Å². The van der Waals surface area contributed by atoms with Gasteiger partial charge in [0.05, 0.1) is 28.2 Å². The third kappa shape index (κ3) is 3.34. The second kappa shape index (κ2) is 7.29. The van der Waals surface area contributed by atoms with Crippen LogP contribution in [0.15, 0.2) is 82.3 Å². The molecule has 0 spiro atoms. The summed E-state index contributed by atoms with van der Waals surface area (Å²) in [6, 6.07) is 20.3. The maximum Gasteiger partial charge on any atom is 0.272 e. The second-order valence-corrected chi connectivity index (χ2v) is 7.21. The zero-order valence-corrected chi connectivity index (χ0v) is 15.5. The van der Waals surface area contributed by atoms with Gasteiger partial charge in [-0.25, -0.2) is 4.90 Å². The molecule has 0 bridgehead atoms. The monoisotopic (exact) mass is 375 g/mol. The normalized spacial score (nSPS) is 14.3. The summed E-state index contributed by atoms with van der Waals surface area (Å²) in [5, 5.41) is 0. The number of hydrogen-bond donors (Lipinski definition) is 0. The number of hydrogen-bond acceptors (Lipinski definition) is 4. The van der Waals surface area contributed by atoms with E-state index < -0.39 is 0 Å². The van der Waals surface area contributed by atoms with Crippen molar-refractivity contribution < 1.29 is 14.0 Å². The van der Waals surface area contributed by atoms with Crippen LogP contribution in [0.1, 0.15) is 16.9 Å². The predicted octanol–water partition coefficient (Wildman–Crippen LogP) is 4.81. The van der Waals surface area contributed by atoms with E-state index in [1.807, 2.05) is 61.5 Å². The number of furan rings is 1. The fourth-order valence-electron chi connectivity index (χ4n) is 2.97. The molecule has 0 radical (unpaired) electrons. The minimum atomic E-state index is -0.294. The van der Waals surface area contributed by atoms with Crippen LogP contribution in [0.5, 0.6) is 0 Å². The molecule has 1 aromatic heterocycles. The zero-order chi connectivity index (χ0) is 18.8. The van der Waals surface area contributed by atoms with Crippen LogP contribution in [0.3, 0.4) is 0 Å². The van der Waals surface area contributed by atoms with Crippen LogP contribution >= 0.6 is 11.8 Å². The van der Waals surface area contributed by atoms with Gasteiger partial charge in [-0.05, 0) is 36.8 Å². The maximum atomic E-state index is 13.2. The number of imide groups is 1. The Labute approximate surface area is 161 Å². The Bertz CT molecular complexity index is 1010. The number of anilines is 1. The van der Waals surface area contributed by atoms with E-state index in [0.717, 1.165) is 16.9 Å². The van der Waals surface area contributed by atoms with E-state index in [2.05, 4.69) is 0 Å². The Hall–Kier alpha value is -3.05. The molecular weight excluding hydrogens is 358 g/mol. The fourth-order valence-corrected chi connectivity index (χ4v) is 3.98. The average molecular weight is 375 g/mol. The van der Waals surface area contributed by atoms with Crippen molar-refractivity contribution in [3.8, 4) is 0 Å². The van der Waals surface area contributed by atoms with Gasteiger partial charge >= 0.3 is 0 Å². The van der Waals surface area contributed by atoms with E-state index in [9.17, 15) is 9.59 Å². The number of aryl methyl sites for hydroxylation is 1. The summed E-state index contributed by atoms with van der Waals surface area (Å²) < 4.78 is 5.37. The number of benzene rings is 2. The van der Waals surface area contributed by atoms with E-state index in [1.54, 1.807) is 18.4 Å². The first kappa shape index (κ1) is 17.4. The highest BCUT2D eigenvalue weighted by Gasteiger charge is 2.40. The number of thioether (sulfide) groups is 1. The number of nitrogens with zero attached hydrogens (tertiary/aromatic N) is 1. The van der Waals surface area contributed by atoms with E-state index in [1.165, 1.54) is 16.7 Å². The second-order valence-electron chi connectivity index (χ2n) is 6.22. The maximum absolute atomic E-state index is 13.2. The van der Waals surface area contributed by atoms with Crippen LogP contribution in [-0.2, 0) is 15.3 Å². The van der Waals surface area contributed by atoms with Crippen molar-refractivity contribution >= 4 is 34.8 Å². The smallest absolute Gasteiger partial charge is 0.272 e. The van der Waals surface area contributed by atoms with E-state index in [4.69, 9.17) is 4.42 Å². The molecule has 0 saturated carbocycles. The Morgan fingerprint density at radius 1 is 0.889 bits per heavy atom. The topological polar surface area (TPSA) is 50.5 Å². The van der Waals surface area contributed by atoms with E-state index in [0.29, 0.717) is 21.9 Å². The van der Waals surface area contributed by atoms with Crippen LogP contribution in [0, 0.1) is 6.92 Å². The molecule has 5 heteroatoms. The van der Waals surface area contributed by atoms with Crippen LogP contribution in [0.4, 0.5) is 5.69 Å². The van der Waals surface area contributed by atoms with Crippen molar-refractivity contribution in [2.24, 2.45) is 0 Å². The van der Waals surface area contributed by atoms with Gasteiger partial charge in [0.2, 0.25) is 0 Å². The summed E-state index contributed by atoms with van der Waals surface area (Å²) in [6.45, 7) is 1.99. The lowest BCUT2D eigenvalue weighted by Crippen LogP contribution is -2.31. The summed E-state index contributed by atoms with van der Waals surface area (Å²) in [4.78, 5) is 28.0. The van der Waals surface area contributed by atoms with Gasteiger partial charge in [-0.2, -0.15) is 0 Å². The summed E-state index contributed by atoms with van der Waals surface area (Å²) in [6.07, 6.45) is 1.60. The van der Waals surface area contributed by atoms with Crippen molar-refractivity contribution in [1.29, 1.82) is 0 Å². The van der Waals surface area contributed by atoms with Gasteiger partial charge in [0.1, 0.15) is 5.76 Å². The van der Waals surface area contributed by atoms with Crippen molar-refractivity contribution in [3.05, 3.63) is 94.8 Å². The highest BCUT2D eigenvalue weighted by molar-refractivity contribution is 8.03. The molecule has 0 saturated heterocycles. The molecule has 4 nitrogen and oxygen atoms in total. The molecular formula is C22H17NO3S. The Morgan fingerprint density at radius 3 is 2.30 bits per heavy atom. The predicted molar refractivity (Wildman–Crippen MR) is 107 cm³/mol. The molecule has 27 heavy (non-hydrogen) atoms. The molecule has 2 amide bonds. The molecule has 2 aromatic carbocycles. The fraction of sp³-hybridized carbons (Fsp3) is 0.0909. The minimum Gasteiger partial charge on any atom is -0.468 e. The minimum absolute atomic E-state index is 0.293. The van der Waals surface area contributed by atoms with Crippen LogP contribution in [-0.4, -0.2) is 11.8 Å². The van der Waals surface area contributed by atoms with Crippen molar-refractivity contribution in [3.63, 3.8) is 0 Å². The Morgan fingerprint density at radius 2 is 1.63 bits per heavy atom. The standard InChI is InChI=1S/C22H17NO3S/c1-15-9-11-16(12-10-15)19-20(27-14-18-8-5-13-26-18)22(25)23(21(19)24)17-6-3-2-4-7-17/h2-13H,14H2,1H3. The Kier molecular flexibility index (Phi) is 4.69. The van der Waals surface area contributed by atoms with Crippen molar-refractivity contribution in [2.45, 2.75) is 12.7 Å². The third-order valence-corrected chi connectivity index (χ3v) is 5.43. The molecule has 4 rings (SSSR count). The number of rotatable bonds is 5. The van der Waals surface area contributed by atoms with Crippen molar-refractivity contribution in [2.75, 3.05) is 4.90 Å². The molecule has 2 heterocycles. The largest absolute Gasteiger partial charge is 0.468 e. The summed E-state index contributed by atoms with van der Waals surface area (Å²) in [5.41, 5.74) is 2.87. The van der Waals surface area contributed by atoms with Gasteiger partial charge in [0.25, 0.3) is 11.8 Å². The van der Waals surface area contributed by atoms with Crippen LogP contribution in [0.25, 0.3) is 5.57 Å². The lowest BCUT2D eigenvalue weighted by Gasteiger charge is -2.14. The van der Waals surface area contributed by atoms with Gasteiger partial charge < -0.3 is 4.42 Å². The van der Waals surface area contributed by atoms with Gasteiger partial charge in [0, 0.05) is 0 Å². The third-order valence-electron chi connectivity index (χ3n) is 4.33. The number of carbonyl (C=O) groups is 2. The SMILES string of the molecule is Cc1ccc(C2=C(SCc3ccco3)C(=O)N(c3ccccc3)C2=O)cc1. The quantitative estimate of drug-likeness (QED) is 0.601. The molecule has 134 valence electrons. The summed E-state index contributed by atoms with van der Waals surface area (Å²) in [7, 11) is 0.